The molecule has 164 valence electrons. The number of nitrogens with one attached hydrogen (secondary N) is 2. The van der Waals surface area contributed by atoms with Crippen molar-refractivity contribution < 1.29 is 13.2 Å². The van der Waals surface area contributed by atoms with Crippen molar-refractivity contribution in [2.75, 3.05) is 7.11 Å². The number of sulfonamides is 1. The Balaban J connectivity index is 2.09. The van der Waals surface area contributed by atoms with Gasteiger partial charge in [-0.2, -0.15) is 0 Å². The lowest BCUT2D eigenvalue weighted by Crippen LogP contribution is -2.24. The summed E-state index contributed by atoms with van der Waals surface area (Å²) in [5.41, 5.74) is 2.14. The standard InChI is InChI=1S/C23H25ClN2O4S/c1-23(2,3)20-13-19(18-6-5-11-25-22(18)27)15(12-21(20)30-4)14-26-31(28,29)17-9-7-16(24)8-10-17/h5-13,26H,14H2,1-4H3,(H,25,27). The summed E-state index contributed by atoms with van der Waals surface area (Å²) in [6.07, 6.45) is 1.56. The molecule has 0 bridgehead atoms. The van der Waals surface area contributed by atoms with Crippen LogP contribution in [-0.4, -0.2) is 20.5 Å². The molecule has 0 radical (unpaired) electrons. The molecule has 31 heavy (non-hydrogen) atoms. The molecule has 1 aromatic heterocycles. The molecule has 0 unspecified atom stereocenters. The molecule has 0 fully saturated rings. The summed E-state index contributed by atoms with van der Waals surface area (Å²) in [5, 5.41) is 0.451. The summed E-state index contributed by atoms with van der Waals surface area (Å²) in [7, 11) is -2.21. The summed E-state index contributed by atoms with van der Waals surface area (Å²) >= 11 is 5.86. The van der Waals surface area contributed by atoms with Crippen LogP contribution >= 0.6 is 11.6 Å². The van der Waals surface area contributed by atoms with Crippen LogP contribution in [0, 0.1) is 0 Å². The van der Waals surface area contributed by atoms with Gasteiger partial charge < -0.3 is 9.72 Å². The molecule has 3 rings (SSSR count). The van der Waals surface area contributed by atoms with Gasteiger partial charge >= 0.3 is 0 Å². The third kappa shape index (κ3) is 5.18. The number of benzene rings is 2. The number of pyridine rings is 1. The minimum Gasteiger partial charge on any atom is -0.496 e. The average molecular weight is 461 g/mol. The molecule has 0 amide bonds. The van der Waals surface area contributed by atoms with E-state index >= 15 is 0 Å². The van der Waals surface area contributed by atoms with Crippen molar-refractivity contribution in [1.82, 2.24) is 9.71 Å². The molecule has 8 heteroatoms. The molecule has 0 saturated carbocycles. The first-order valence-corrected chi connectivity index (χ1v) is 11.5. The second-order valence-electron chi connectivity index (χ2n) is 8.15. The van der Waals surface area contributed by atoms with Crippen LogP contribution in [0.15, 0.2) is 64.4 Å². The maximum atomic E-state index is 12.8. The number of hydrogen-bond acceptors (Lipinski definition) is 4. The second kappa shape index (κ2) is 8.86. The van der Waals surface area contributed by atoms with E-state index in [0.29, 0.717) is 27.5 Å². The van der Waals surface area contributed by atoms with Crippen LogP contribution in [0.4, 0.5) is 0 Å². The third-order valence-corrected chi connectivity index (χ3v) is 6.59. The molecule has 6 nitrogen and oxygen atoms in total. The van der Waals surface area contributed by atoms with Gasteiger partial charge in [-0.15, -0.1) is 0 Å². The molecular formula is C23H25ClN2O4S. The lowest BCUT2D eigenvalue weighted by Gasteiger charge is -2.24. The lowest BCUT2D eigenvalue weighted by atomic mass is 9.83. The topological polar surface area (TPSA) is 88.3 Å². The zero-order chi connectivity index (χ0) is 22.8. The fourth-order valence-corrected chi connectivity index (χ4v) is 4.41. The summed E-state index contributed by atoms with van der Waals surface area (Å²) in [5.74, 6) is 0.629. The van der Waals surface area contributed by atoms with Gasteiger partial charge in [0.15, 0.2) is 0 Å². The first-order chi connectivity index (χ1) is 14.5. The number of ether oxygens (including phenoxy) is 1. The average Bonchev–Trinajstić information content (AvgIpc) is 2.72. The summed E-state index contributed by atoms with van der Waals surface area (Å²) in [4.78, 5) is 15.3. The van der Waals surface area contributed by atoms with Gasteiger partial charge in [0.2, 0.25) is 10.0 Å². The van der Waals surface area contributed by atoms with Gasteiger partial charge in [-0.1, -0.05) is 32.4 Å². The molecule has 2 aromatic carbocycles. The molecular weight excluding hydrogens is 436 g/mol. The zero-order valence-corrected chi connectivity index (χ0v) is 19.4. The molecule has 0 atom stereocenters. The smallest absolute Gasteiger partial charge is 0.255 e. The van der Waals surface area contributed by atoms with Crippen LogP contribution < -0.4 is 15.0 Å². The van der Waals surface area contributed by atoms with Crippen LogP contribution in [0.3, 0.4) is 0 Å². The van der Waals surface area contributed by atoms with E-state index in [9.17, 15) is 13.2 Å². The van der Waals surface area contributed by atoms with Crippen molar-refractivity contribution in [2.24, 2.45) is 0 Å². The highest BCUT2D eigenvalue weighted by Gasteiger charge is 2.23. The Hall–Kier alpha value is -2.61. The Morgan fingerprint density at radius 3 is 2.32 bits per heavy atom. The van der Waals surface area contributed by atoms with E-state index in [0.717, 1.165) is 5.56 Å². The van der Waals surface area contributed by atoms with E-state index in [1.807, 2.05) is 26.8 Å². The van der Waals surface area contributed by atoms with E-state index in [-0.39, 0.29) is 22.4 Å². The first-order valence-electron chi connectivity index (χ1n) is 9.67. The Kier molecular flexibility index (Phi) is 6.59. The number of aromatic nitrogens is 1. The SMILES string of the molecule is COc1cc(CNS(=O)(=O)c2ccc(Cl)cc2)c(-c2ccc[nH]c2=O)cc1C(C)(C)C. The van der Waals surface area contributed by atoms with E-state index < -0.39 is 10.0 Å². The number of aromatic amines is 1. The highest BCUT2D eigenvalue weighted by atomic mass is 35.5. The van der Waals surface area contributed by atoms with Crippen molar-refractivity contribution in [1.29, 1.82) is 0 Å². The van der Waals surface area contributed by atoms with Gasteiger partial charge in [0.1, 0.15) is 5.75 Å². The van der Waals surface area contributed by atoms with Crippen molar-refractivity contribution in [3.63, 3.8) is 0 Å². The number of halogens is 1. The largest absolute Gasteiger partial charge is 0.496 e. The van der Waals surface area contributed by atoms with Gasteiger partial charge in [-0.3, -0.25) is 4.79 Å². The maximum Gasteiger partial charge on any atom is 0.255 e. The number of H-pyrrole nitrogens is 1. The van der Waals surface area contributed by atoms with Crippen molar-refractivity contribution in [3.8, 4) is 16.9 Å². The summed E-state index contributed by atoms with van der Waals surface area (Å²) < 4.78 is 33.7. The normalized spacial score (nSPS) is 12.0. The number of hydrogen-bond donors (Lipinski definition) is 2. The highest BCUT2D eigenvalue weighted by Crippen LogP contribution is 2.36. The van der Waals surface area contributed by atoms with Gasteiger partial charge in [-0.05, 0) is 65.1 Å². The Bertz CT molecular complexity index is 1240. The number of rotatable bonds is 6. The fraction of sp³-hybridized carbons (Fsp3) is 0.261. The first kappa shape index (κ1) is 23.1. The molecule has 0 aliphatic rings. The molecule has 0 aliphatic carbocycles. The maximum absolute atomic E-state index is 12.8. The summed E-state index contributed by atoms with van der Waals surface area (Å²) in [6, 6.07) is 13.1. The van der Waals surface area contributed by atoms with E-state index in [4.69, 9.17) is 16.3 Å². The van der Waals surface area contributed by atoms with Crippen LogP contribution in [0.2, 0.25) is 5.02 Å². The van der Waals surface area contributed by atoms with E-state index in [1.165, 1.54) is 24.3 Å². The molecule has 0 saturated heterocycles. The van der Waals surface area contributed by atoms with E-state index in [2.05, 4.69) is 9.71 Å². The predicted octanol–water partition coefficient (Wildman–Crippen LogP) is 4.48. The van der Waals surface area contributed by atoms with Gasteiger partial charge in [0.25, 0.3) is 5.56 Å². The Morgan fingerprint density at radius 1 is 1.06 bits per heavy atom. The minimum absolute atomic E-state index is 0.0184. The minimum atomic E-state index is -3.78. The molecule has 0 spiro atoms. The molecule has 3 aromatic rings. The third-order valence-electron chi connectivity index (χ3n) is 4.92. The zero-order valence-electron chi connectivity index (χ0n) is 17.8. The molecule has 1 heterocycles. The fourth-order valence-electron chi connectivity index (χ4n) is 3.28. The summed E-state index contributed by atoms with van der Waals surface area (Å²) in [6.45, 7) is 6.13. The van der Waals surface area contributed by atoms with Crippen LogP contribution in [0.25, 0.3) is 11.1 Å². The molecule has 0 aliphatic heterocycles. The van der Waals surface area contributed by atoms with Crippen LogP contribution in [-0.2, 0) is 22.0 Å². The highest BCUT2D eigenvalue weighted by molar-refractivity contribution is 7.89. The van der Waals surface area contributed by atoms with Crippen molar-refractivity contribution in [3.05, 3.63) is 81.2 Å². The van der Waals surface area contributed by atoms with Crippen LogP contribution in [0.1, 0.15) is 31.9 Å². The van der Waals surface area contributed by atoms with Gasteiger partial charge in [0.05, 0.1) is 12.0 Å². The monoisotopic (exact) mass is 460 g/mol. The number of methoxy groups -OCH3 is 1. The van der Waals surface area contributed by atoms with Crippen molar-refractivity contribution in [2.45, 2.75) is 37.6 Å². The van der Waals surface area contributed by atoms with Crippen molar-refractivity contribution >= 4 is 21.6 Å². The predicted molar refractivity (Wildman–Crippen MR) is 123 cm³/mol. The molecule has 2 N–H and O–H groups in total. The Labute approximate surface area is 187 Å². The van der Waals surface area contributed by atoms with Gasteiger partial charge in [0, 0.05) is 28.9 Å². The second-order valence-corrected chi connectivity index (χ2v) is 10.4. The lowest BCUT2D eigenvalue weighted by molar-refractivity contribution is 0.397. The van der Waals surface area contributed by atoms with Gasteiger partial charge in [-0.25, -0.2) is 13.1 Å². The van der Waals surface area contributed by atoms with Crippen LogP contribution in [0.5, 0.6) is 5.75 Å². The van der Waals surface area contributed by atoms with E-state index in [1.54, 1.807) is 31.5 Å². The Morgan fingerprint density at radius 2 is 1.74 bits per heavy atom. The quantitative estimate of drug-likeness (QED) is 0.567.